The maximum absolute atomic E-state index is 13.3. The summed E-state index contributed by atoms with van der Waals surface area (Å²) in [6, 6.07) is 14.9. The molecule has 0 aliphatic rings. The van der Waals surface area contributed by atoms with E-state index in [0.717, 1.165) is 29.5 Å². The van der Waals surface area contributed by atoms with Gasteiger partial charge in [-0.25, -0.2) is 8.42 Å². The molecule has 1 heterocycles. The summed E-state index contributed by atoms with van der Waals surface area (Å²) >= 11 is 0. The molecule has 0 unspecified atom stereocenters. The second-order valence-corrected chi connectivity index (χ2v) is 9.66. The van der Waals surface area contributed by atoms with Crippen LogP contribution in [0.5, 0.6) is 0 Å². The highest BCUT2D eigenvalue weighted by Gasteiger charge is 2.23. The predicted octanol–water partition coefficient (Wildman–Crippen LogP) is 4.57. The summed E-state index contributed by atoms with van der Waals surface area (Å²) in [6.07, 6.45) is 3.43. The van der Waals surface area contributed by atoms with Gasteiger partial charge in [-0.1, -0.05) is 56.3 Å². The third kappa shape index (κ3) is 4.75. The van der Waals surface area contributed by atoms with E-state index in [-0.39, 0.29) is 23.1 Å². The van der Waals surface area contributed by atoms with Crippen LogP contribution < -0.4 is 0 Å². The van der Waals surface area contributed by atoms with Crippen molar-refractivity contribution in [1.82, 2.24) is 9.47 Å². The number of carbonyl (C=O) groups excluding carboxylic acids is 1. The van der Waals surface area contributed by atoms with Crippen LogP contribution in [0.15, 0.2) is 59.6 Å². The quantitative estimate of drug-likeness (QED) is 0.503. The van der Waals surface area contributed by atoms with E-state index in [1.165, 1.54) is 0 Å². The second kappa shape index (κ2) is 9.47. The van der Waals surface area contributed by atoms with Crippen molar-refractivity contribution >= 4 is 26.6 Å². The summed E-state index contributed by atoms with van der Waals surface area (Å²) in [5.74, 6) is -0.0401. The lowest BCUT2D eigenvalue weighted by Gasteiger charge is -2.22. The van der Waals surface area contributed by atoms with Crippen LogP contribution in [0.25, 0.3) is 10.9 Å². The molecule has 0 saturated heterocycles. The molecule has 1 aromatic heterocycles. The molecule has 0 atom stereocenters. The van der Waals surface area contributed by atoms with Gasteiger partial charge in [-0.05, 0) is 37.0 Å². The largest absolute Gasteiger partial charge is 0.341 e. The standard InChI is InChI=1S/C24H30N2O3S/c1-4-14-25(15-5-2)24(27)17-26-16-23(21-12-8-9-13-22(21)26)30(28,29)18-20-11-7-6-10-19(20)3/h6-13,16H,4-5,14-15,17-18H2,1-3H3. The number of amides is 1. The Labute approximate surface area is 179 Å². The highest BCUT2D eigenvalue weighted by molar-refractivity contribution is 7.90. The van der Waals surface area contributed by atoms with Crippen LogP contribution in [0, 0.1) is 6.92 Å². The number of rotatable bonds is 9. The van der Waals surface area contributed by atoms with Crippen molar-refractivity contribution in [2.75, 3.05) is 13.1 Å². The van der Waals surface area contributed by atoms with Gasteiger partial charge in [0.15, 0.2) is 9.84 Å². The number of carbonyl (C=O) groups is 1. The van der Waals surface area contributed by atoms with Crippen LogP contribution in [-0.4, -0.2) is 36.9 Å². The monoisotopic (exact) mass is 426 g/mol. The first-order valence-corrected chi connectivity index (χ1v) is 12.2. The van der Waals surface area contributed by atoms with Crippen molar-refractivity contribution in [3.05, 3.63) is 65.9 Å². The molecule has 0 bridgehead atoms. The van der Waals surface area contributed by atoms with Gasteiger partial charge in [0, 0.05) is 30.2 Å². The van der Waals surface area contributed by atoms with Crippen LogP contribution in [0.4, 0.5) is 0 Å². The van der Waals surface area contributed by atoms with E-state index in [9.17, 15) is 13.2 Å². The summed E-state index contributed by atoms with van der Waals surface area (Å²) in [7, 11) is -3.56. The maximum Gasteiger partial charge on any atom is 0.242 e. The zero-order valence-electron chi connectivity index (χ0n) is 18.0. The summed E-state index contributed by atoms with van der Waals surface area (Å²) in [6.45, 7) is 7.59. The molecule has 3 rings (SSSR count). The fourth-order valence-corrected chi connectivity index (χ4v) is 5.48. The summed E-state index contributed by atoms with van der Waals surface area (Å²) in [4.78, 5) is 15.0. The van der Waals surface area contributed by atoms with Gasteiger partial charge in [-0.2, -0.15) is 0 Å². The topological polar surface area (TPSA) is 59.4 Å². The highest BCUT2D eigenvalue weighted by Crippen LogP contribution is 2.28. The van der Waals surface area contributed by atoms with Gasteiger partial charge in [0.1, 0.15) is 6.54 Å². The molecule has 0 saturated carbocycles. The minimum atomic E-state index is -3.56. The number of fused-ring (bicyclic) bond motifs is 1. The van der Waals surface area contributed by atoms with Gasteiger partial charge < -0.3 is 9.47 Å². The Morgan fingerprint density at radius 1 is 0.967 bits per heavy atom. The molecule has 30 heavy (non-hydrogen) atoms. The zero-order chi connectivity index (χ0) is 21.7. The van der Waals surface area contributed by atoms with Crippen LogP contribution >= 0.6 is 0 Å². The Kier molecular flexibility index (Phi) is 6.98. The third-order valence-corrected chi connectivity index (χ3v) is 7.03. The van der Waals surface area contributed by atoms with Crippen LogP contribution in [-0.2, 0) is 26.9 Å². The van der Waals surface area contributed by atoms with E-state index < -0.39 is 9.84 Å². The fraction of sp³-hybridized carbons (Fsp3) is 0.375. The van der Waals surface area contributed by atoms with Crippen molar-refractivity contribution < 1.29 is 13.2 Å². The van der Waals surface area contributed by atoms with E-state index in [2.05, 4.69) is 13.8 Å². The average Bonchev–Trinajstić information content (AvgIpc) is 3.09. The summed E-state index contributed by atoms with van der Waals surface area (Å²) < 4.78 is 28.4. The lowest BCUT2D eigenvalue weighted by molar-refractivity contribution is -0.131. The lowest BCUT2D eigenvalue weighted by Crippen LogP contribution is -2.35. The zero-order valence-corrected chi connectivity index (χ0v) is 18.8. The SMILES string of the molecule is CCCN(CCC)C(=O)Cn1cc(S(=O)(=O)Cc2ccccc2C)c2ccccc21. The lowest BCUT2D eigenvalue weighted by atomic mass is 10.1. The Bertz CT molecular complexity index is 1130. The normalized spacial score (nSPS) is 11.7. The summed E-state index contributed by atoms with van der Waals surface area (Å²) in [5.41, 5.74) is 2.51. The Morgan fingerprint density at radius 3 is 2.27 bits per heavy atom. The molecule has 3 aromatic rings. The number of benzene rings is 2. The van der Waals surface area contributed by atoms with Gasteiger partial charge in [-0.3, -0.25) is 4.79 Å². The van der Waals surface area contributed by atoms with Gasteiger partial charge in [0.05, 0.1) is 10.6 Å². The van der Waals surface area contributed by atoms with E-state index in [4.69, 9.17) is 0 Å². The molecular formula is C24H30N2O3S. The number of hydrogen-bond donors (Lipinski definition) is 0. The molecule has 0 spiro atoms. The molecule has 0 aliphatic heterocycles. The average molecular weight is 427 g/mol. The smallest absolute Gasteiger partial charge is 0.242 e. The number of sulfone groups is 1. The van der Waals surface area contributed by atoms with Crippen LogP contribution in [0.2, 0.25) is 0 Å². The third-order valence-electron chi connectivity index (χ3n) is 5.34. The molecule has 6 heteroatoms. The van der Waals surface area contributed by atoms with Crippen molar-refractivity contribution in [2.45, 2.75) is 50.8 Å². The fourth-order valence-electron chi connectivity index (χ4n) is 3.79. The predicted molar refractivity (Wildman–Crippen MR) is 121 cm³/mol. The van der Waals surface area contributed by atoms with Crippen LogP contribution in [0.3, 0.4) is 0 Å². The first kappa shape index (κ1) is 22.1. The highest BCUT2D eigenvalue weighted by atomic mass is 32.2. The molecule has 0 fully saturated rings. The van der Waals surface area contributed by atoms with E-state index in [1.807, 2.05) is 60.4 Å². The van der Waals surface area contributed by atoms with Crippen molar-refractivity contribution in [3.8, 4) is 0 Å². The molecular weight excluding hydrogens is 396 g/mol. The van der Waals surface area contributed by atoms with Gasteiger partial charge in [0.2, 0.25) is 5.91 Å². The molecule has 160 valence electrons. The minimum Gasteiger partial charge on any atom is -0.341 e. The van der Waals surface area contributed by atoms with Gasteiger partial charge in [0.25, 0.3) is 0 Å². The van der Waals surface area contributed by atoms with Gasteiger partial charge in [-0.15, -0.1) is 0 Å². The van der Waals surface area contributed by atoms with Gasteiger partial charge >= 0.3 is 0 Å². The minimum absolute atomic E-state index is 0.0160. The van der Waals surface area contributed by atoms with E-state index in [0.29, 0.717) is 18.5 Å². The Balaban J connectivity index is 1.98. The number of nitrogens with zero attached hydrogens (tertiary/aromatic N) is 2. The van der Waals surface area contributed by atoms with Crippen molar-refractivity contribution in [2.24, 2.45) is 0 Å². The number of hydrogen-bond acceptors (Lipinski definition) is 3. The molecule has 1 amide bonds. The van der Waals surface area contributed by atoms with Crippen LogP contribution in [0.1, 0.15) is 37.8 Å². The van der Waals surface area contributed by atoms with E-state index >= 15 is 0 Å². The van der Waals surface area contributed by atoms with Crippen molar-refractivity contribution in [3.63, 3.8) is 0 Å². The number of para-hydroxylation sites is 1. The first-order valence-electron chi connectivity index (χ1n) is 10.5. The number of aryl methyl sites for hydroxylation is 1. The van der Waals surface area contributed by atoms with E-state index in [1.54, 1.807) is 10.8 Å². The first-order chi connectivity index (χ1) is 14.4. The summed E-state index contributed by atoms with van der Waals surface area (Å²) in [5, 5.41) is 0.663. The molecule has 0 N–H and O–H groups in total. The molecule has 5 nitrogen and oxygen atoms in total. The molecule has 2 aromatic carbocycles. The Morgan fingerprint density at radius 2 is 1.60 bits per heavy atom. The second-order valence-electron chi connectivity index (χ2n) is 7.70. The molecule has 0 aliphatic carbocycles. The maximum atomic E-state index is 13.3. The molecule has 0 radical (unpaired) electrons. The number of aromatic nitrogens is 1. The Hall–Kier alpha value is -2.60. The van der Waals surface area contributed by atoms with Crippen molar-refractivity contribution in [1.29, 1.82) is 0 Å².